The number of rotatable bonds is 21. The zero-order valence-electron chi connectivity index (χ0n) is 45.1. The molecule has 8 heterocycles. The summed E-state index contributed by atoms with van der Waals surface area (Å²) in [4.78, 5) is 93.2. The van der Waals surface area contributed by atoms with Crippen LogP contribution in [0.4, 0.5) is 14.4 Å². The first-order valence-electron chi connectivity index (χ1n) is 27.1. The first kappa shape index (κ1) is 66.0. The topological polar surface area (TPSA) is 498 Å². The predicted molar refractivity (Wildman–Crippen MR) is 278 cm³/mol. The van der Waals surface area contributed by atoms with Crippen LogP contribution in [0.1, 0.15) is 96.3 Å². The number of nitrogens with two attached hydrogens (primary N) is 3. The van der Waals surface area contributed by atoms with Gasteiger partial charge in [0.15, 0.2) is 0 Å². The van der Waals surface area contributed by atoms with Crippen molar-refractivity contribution in [3.05, 3.63) is 0 Å². The van der Waals surface area contributed by atoms with Crippen molar-refractivity contribution in [1.29, 1.82) is 0 Å². The van der Waals surface area contributed by atoms with E-state index in [1.807, 2.05) is 0 Å². The van der Waals surface area contributed by atoms with Crippen LogP contribution in [0.2, 0.25) is 0 Å². The van der Waals surface area contributed by atoms with E-state index in [1.54, 1.807) is 0 Å². The first-order valence-corrected chi connectivity index (χ1v) is 33.0. The summed E-state index contributed by atoms with van der Waals surface area (Å²) in [6, 6.07) is -7.45. The van der Waals surface area contributed by atoms with Gasteiger partial charge in [0.2, 0.25) is 0 Å². The highest BCUT2D eigenvalue weighted by Gasteiger charge is 2.52. The molecule has 474 valence electrons. The normalized spacial score (nSPS) is 28.0. The second kappa shape index (κ2) is 28.3. The molecule has 36 nitrogen and oxygen atoms in total. The second-order valence-corrected chi connectivity index (χ2v) is 27.0. The lowest BCUT2D eigenvalue weighted by Crippen LogP contribution is -2.50. The number of hydroxylamine groups is 9. The van der Waals surface area contributed by atoms with E-state index in [0.29, 0.717) is 79.3 Å². The molecule has 3 unspecified atom stereocenters. The van der Waals surface area contributed by atoms with Crippen molar-refractivity contribution in [2.45, 2.75) is 151 Å². The number of nitrogens with one attached hydrogen (secondary N) is 3. The van der Waals surface area contributed by atoms with Crippen LogP contribution < -0.4 is 33.6 Å². The number of carbonyl (C=O) groups is 6. The molecule has 9 aliphatic rings. The number of urea groups is 3. The van der Waals surface area contributed by atoms with Gasteiger partial charge in [-0.25, -0.2) is 39.2 Å². The Morgan fingerprint density at radius 1 is 0.494 bits per heavy atom. The molecule has 0 spiro atoms. The Kier molecular flexibility index (Phi) is 22.5. The molecule has 0 radical (unpaired) electrons. The summed E-state index contributed by atoms with van der Waals surface area (Å²) >= 11 is 0. The average molecular weight is 1270 g/mol. The zero-order valence-corrected chi connectivity index (χ0v) is 48.3. The molecule has 1 aliphatic carbocycles. The van der Waals surface area contributed by atoms with Gasteiger partial charge in [0.25, 0.3) is 17.7 Å². The molecule has 0 aromatic rings. The van der Waals surface area contributed by atoms with Crippen molar-refractivity contribution in [1.82, 2.24) is 46.3 Å². The van der Waals surface area contributed by atoms with E-state index in [9.17, 15) is 62.4 Å². The summed E-state index contributed by atoms with van der Waals surface area (Å²) in [5, 5.41) is 1.74. The Labute approximate surface area is 479 Å². The third-order valence-corrected chi connectivity index (χ3v) is 18.8. The molecule has 0 aromatic heterocycles. The monoisotopic (exact) mass is 1270 g/mol. The molecule has 12 N–H and O–H groups in total. The number of hydrogen-bond donors (Lipinski definition) is 9. The van der Waals surface area contributed by atoms with Crippen LogP contribution in [-0.2, 0) is 87.5 Å². The number of ether oxygens (including phenoxy) is 1. The molecular weight excluding hydrogens is 1200 g/mol. The molecule has 9 rings (SSSR count). The fourth-order valence-electron chi connectivity index (χ4n) is 11.6. The zero-order chi connectivity index (χ0) is 60.6. The van der Waals surface area contributed by atoms with Gasteiger partial charge in [-0.05, 0) is 94.8 Å². The van der Waals surface area contributed by atoms with E-state index in [1.165, 1.54) is 16.2 Å². The molecule has 9 fully saturated rings. The number of nitrogens with zero attached hydrogens (tertiary/aromatic N) is 6. The van der Waals surface area contributed by atoms with Gasteiger partial charge in [-0.2, -0.15) is 40.4 Å². The number of carbonyl (C=O) groups excluding carboxylic acids is 6. The summed E-state index contributed by atoms with van der Waals surface area (Å²) < 4.78 is 133. The highest BCUT2D eigenvalue weighted by Crippen LogP contribution is 2.34. The van der Waals surface area contributed by atoms with Gasteiger partial charge in [0, 0.05) is 51.0 Å². The van der Waals surface area contributed by atoms with Crippen molar-refractivity contribution in [3.8, 4) is 0 Å². The number of hydrogen-bond acceptors (Lipinski definition) is 24. The third kappa shape index (κ3) is 18.3. The number of fused-ring (bicyclic) bond motifs is 6. The number of piperidine rings is 3. The Balaban J connectivity index is 0.000000179. The van der Waals surface area contributed by atoms with E-state index in [2.05, 4.69) is 29.3 Å². The predicted octanol–water partition coefficient (Wildman–Crippen LogP) is -3.07. The number of sulfone groups is 1. The summed E-state index contributed by atoms with van der Waals surface area (Å²) in [7, 11) is -17.5. The van der Waals surface area contributed by atoms with Crippen molar-refractivity contribution >= 4 is 76.8 Å². The molecule has 1 saturated carbocycles. The lowest BCUT2D eigenvalue weighted by atomic mass is 9.84. The maximum absolute atomic E-state index is 12.4. The molecule has 9 amide bonds. The molecule has 40 heteroatoms. The Morgan fingerprint density at radius 3 is 1.11 bits per heavy atom. The van der Waals surface area contributed by atoms with E-state index >= 15 is 0 Å². The van der Waals surface area contributed by atoms with Crippen LogP contribution in [0.15, 0.2) is 0 Å². The van der Waals surface area contributed by atoms with E-state index in [-0.39, 0.29) is 81.3 Å². The van der Waals surface area contributed by atoms with Crippen LogP contribution >= 0.6 is 0 Å². The van der Waals surface area contributed by atoms with Crippen LogP contribution in [0.3, 0.4) is 0 Å². The summed E-state index contributed by atoms with van der Waals surface area (Å²) in [6.07, 6.45) is 10.1. The van der Waals surface area contributed by atoms with Crippen molar-refractivity contribution in [3.63, 3.8) is 0 Å². The largest absolute Gasteiger partial charge is 0.418 e. The van der Waals surface area contributed by atoms with Gasteiger partial charge in [-0.3, -0.25) is 42.6 Å². The maximum atomic E-state index is 12.4. The minimum atomic E-state index is -4.86. The molecule has 8 saturated heterocycles. The summed E-state index contributed by atoms with van der Waals surface area (Å²) in [5.41, 5.74) is 25.1. The van der Waals surface area contributed by atoms with Gasteiger partial charge < -0.3 is 36.6 Å². The third-order valence-electron chi connectivity index (χ3n) is 16.1. The minimum absolute atomic E-state index is 0.0161. The molecule has 9 atom stereocenters. The minimum Gasteiger partial charge on any atom is -0.381 e. The number of amides is 9. The molecule has 8 aliphatic heterocycles. The van der Waals surface area contributed by atoms with Crippen LogP contribution in [0, 0.1) is 17.8 Å². The Hall–Kier alpha value is -4.50. The van der Waals surface area contributed by atoms with Crippen LogP contribution in [0.25, 0.3) is 0 Å². The smallest absolute Gasteiger partial charge is 0.381 e. The van der Waals surface area contributed by atoms with Crippen LogP contribution in [-0.4, -0.2) is 232 Å². The van der Waals surface area contributed by atoms with Gasteiger partial charge in [-0.1, -0.05) is 19.3 Å². The Morgan fingerprint density at radius 2 is 0.795 bits per heavy atom. The first-order chi connectivity index (χ1) is 39.0. The van der Waals surface area contributed by atoms with Crippen molar-refractivity contribution in [2.24, 2.45) is 35.0 Å². The molecule has 83 heavy (non-hydrogen) atoms. The molecule has 0 aromatic carbocycles. The summed E-state index contributed by atoms with van der Waals surface area (Å²) in [6.45, 7) is 1.96. The van der Waals surface area contributed by atoms with Crippen molar-refractivity contribution in [2.75, 3.05) is 64.2 Å². The maximum Gasteiger partial charge on any atom is 0.418 e. The highest BCUT2D eigenvalue weighted by molar-refractivity contribution is 7.91. The van der Waals surface area contributed by atoms with Gasteiger partial charge in [-0.15, -0.1) is 12.9 Å². The van der Waals surface area contributed by atoms with Crippen LogP contribution in [0.5, 0.6) is 0 Å². The van der Waals surface area contributed by atoms with Gasteiger partial charge >= 0.3 is 49.3 Å². The lowest BCUT2D eigenvalue weighted by Gasteiger charge is -2.30. The SMILES string of the molecule is NC(CONC(=O)[C@@H]1CC[C@@H]2CN1C(=O)N2OS(=O)(=O)O)C1CCCCC1.NC(CONC(=O)[C@@H]1CC[C@@H]2CN1C(=O)N2OS(=O)(=O)O)C1CCOCC1.NC(CONC(=O)[C@@H]1CC[C@@H]2CN1C(=O)N2OS(=O)(=O)O)C1CCS(=O)(=O)CC1. The average Bonchev–Trinajstić information content (AvgIpc) is 3.45. The second-order valence-electron chi connectivity index (χ2n) is 21.7. The Bertz CT molecular complexity index is 2650. The lowest BCUT2D eigenvalue weighted by molar-refractivity contribution is -0.140. The fraction of sp³-hybridized carbons (Fsp3) is 0.860. The quantitative estimate of drug-likeness (QED) is 0.0407. The van der Waals surface area contributed by atoms with E-state index in [4.69, 9.17) is 50.1 Å². The fourth-order valence-corrected chi connectivity index (χ4v) is 14.3. The highest BCUT2D eigenvalue weighted by atomic mass is 32.3. The van der Waals surface area contributed by atoms with Gasteiger partial charge in [0.05, 0.1) is 49.5 Å². The van der Waals surface area contributed by atoms with Crippen molar-refractivity contribution < 1.29 is 108 Å². The molecule has 6 bridgehead atoms. The molecular formula is C43H74N12O24S4. The summed E-state index contributed by atoms with van der Waals surface area (Å²) in [5.74, 6) is -0.822. The van der Waals surface area contributed by atoms with E-state index < -0.39 is 119 Å². The van der Waals surface area contributed by atoms with Gasteiger partial charge in [0.1, 0.15) is 28.0 Å². The van der Waals surface area contributed by atoms with E-state index in [0.717, 1.165) is 43.4 Å². The standard InChI is InChI=1S/C15H26N4O7S.C14H24N4O9S2.C14H24N4O8S/c16-12(10-4-2-1-3-5-10)9-25-17-14(20)13-7-6-11-8-18(13)15(21)19(11)26-27(22,23)24;15-11(9-3-5-28(21,22)6-4-9)8-26-16-13(19)12-2-1-10-7-17(12)14(20)18(10)27-29(23,24)25;15-11(9-3-5-24-6-4-9)8-25-16-13(19)12-2-1-10-7-17(12)14(20)18(10)26-27(21,22)23/h10-13H,1-9,16H2,(H,17,20)(H,22,23,24);9-12H,1-8,15H2,(H,16,19)(H,23,24,25);9-12H,1-8,15H2,(H,16,19)(H,21,22,23)/t11-,12?,13+;2*10-,11?,12+/m111/s1.